The van der Waals surface area contributed by atoms with E-state index in [0.717, 1.165) is 59.1 Å². The molecule has 2 atom stereocenters. The predicted molar refractivity (Wildman–Crippen MR) is 145 cm³/mol. The lowest BCUT2D eigenvalue weighted by molar-refractivity contribution is -0.137. The Bertz CT molecular complexity index is 1440. The lowest BCUT2D eigenvalue weighted by atomic mass is 9.82. The lowest BCUT2D eigenvalue weighted by Gasteiger charge is -2.30. The molecule has 4 aromatic rings. The van der Waals surface area contributed by atoms with Gasteiger partial charge in [-0.1, -0.05) is 55.5 Å². The highest BCUT2D eigenvalue weighted by molar-refractivity contribution is 6.04. The fourth-order valence-electron chi connectivity index (χ4n) is 5.39. The number of piperidine rings is 1. The Kier molecular flexibility index (Phi) is 7.26. The molecule has 1 aliphatic heterocycles. The van der Waals surface area contributed by atoms with Crippen molar-refractivity contribution in [3.05, 3.63) is 95.6 Å². The van der Waals surface area contributed by atoms with Gasteiger partial charge in [0.25, 0.3) is 0 Å². The Hall–Kier alpha value is -3.64. The first-order valence-electron chi connectivity index (χ1n) is 13.0. The van der Waals surface area contributed by atoms with Crippen LogP contribution in [0.5, 0.6) is 0 Å². The molecule has 5 rings (SSSR count). The van der Waals surface area contributed by atoms with E-state index in [1.165, 1.54) is 17.7 Å². The van der Waals surface area contributed by atoms with E-state index in [4.69, 9.17) is 4.74 Å². The average molecular weight is 518 g/mol. The predicted octanol–water partition coefficient (Wildman–Crippen LogP) is 8.08. The second-order valence-electron chi connectivity index (χ2n) is 9.95. The Morgan fingerprint density at radius 3 is 2.26 bits per heavy atom. The van der Waals surface area contributed by atoms with Crippen LogP contribution in [-0.2, 0) is 10.9 Å². The first-order chi connectivity index (χ1) is 18.2. The summed E-state index contributed by atoms with van der Waals surface area (Å²) in [6.07, 6.45) is -3.28. The third kappa shape index (κ3) is 5.32. The number of carbonyl (C=O) groups is 1. The first kappa shape index (κ1) is 26.0. The number of hydrogen-bond donors (Lipinski definition) is 1. The van der Waals surface area contributed by atoms with E-state index in [9.17, 15) is 18.0 Å². The molecule has 6 heteroatoms. The summed E-state index contributed by atoms with van der Waals surface area (Å²) in [5, 5.41) is 5.22. The number of halogens is 3. The summed E-state index contributed by atoms with van der Waals surface area (Å²) in [4.78, 5) is 12.7. The minimum Gasteiger partial charge on any atom is -0.462 e. The van der Waals surface area contributed by atoms with Crippen molar-refractivity contribution in [3.8, 4) is 22.3 Å². The summed E-state index contributed by atoms with van der Waals surface area (Å²) in [5.74, 6) is 0.668. The van der Waals surface area contributed by atoms with Crippen molar-refractivity contribution in [2.75, 3.05) is 19.7 Å². The van der Waals surface area contributed by atoms with E-state index in [-0.39, 0.29) is 6.61 Å². The van der Waals surface area contributed by atoms with E-state index in [1.807, 2.05) is 24.3 Å². The molecule has 1 heterocycles. The molecule has 0 saturated carbocycles. The zero-order valence-electron chi connectivity index (χ0n) is 21.4. The van der Waals surface area contributed by atoms with Gasteiger partial charge >= 0.3 is 12.1 Å². The maximum absolute atomic E-state index is 13.0. The first-order valence-corrected chi connectivity index (χ1v) is 13.0. The molecular weight excluding hydrogens is 487 g/mol. The van der Waals surface area contributed by atoms with Crippen molar-refractivity contribution >= 4 is 16.7 Å². The zero-order chi connectivity index (χ0) is 26.9. The summed E-state index contributed by atoms with van der Waals surface area (Å²) < 4.78 is 44.4. The number of rotatable bonds is 5. The molecule has 1 fully saturated rings. The van der Waals surface area contributed by atoms with Gasteiger partial charge < -0.3 is 10.1 Å². The van der Waals surface area contributed by atoms with Crippen molar-refractivity contribution < 1.29 is 22.7 Å². The number of ether oxygens (including phenoxy) is 1. The largest absolute Gasteiger partial charge is 0.462 e. The van der Waals surface area contributed by atoms with Gasteiger partial charge in [-0.25, -0.2) is 4.79 Å². The van der Waals surface area contributed by atoms with Crippen LogP contribution in [0.2, 0.25) is 0 Å². The zero-order valence-corrected chi connectivity index (χ0v) is 21.4. The number of nitrogens with one attached hydrogen (secondary N) is 1. The van der Waals surface area contributed by atoms with Crippen LogP contribution in [0.3, 0.4) is 0 Å². The SMILES string of the molecule is CCOC(=O)c1cc(-c2ccc(C3CCNCC3C)cc2)c2ccc(-c3ccc(C(F)(F)F)cc3)cc2c1. The van der Waals surface area contributed by atoms with Gasteiger partial charge in [0.05, 0.1) is 17.7 Å². The third-order valence-electron chi connectivity index (χ3n) is 7.44. The van der Waals surface area contributed by atoms with Gasteiger partial charge in [0, 0.05) is 0 Å². The monoisotopic (exact) mass is 517 g/mol. The number of esters is 1. The Balaban J connectivity index is 1.56. The van der Waals surface area contributed by atoms with Crippen molar-refractivity contribution in [2.24, 2.45) is 5.92 Å². The van der Waals surface area contributed by atoms with Gasteiger partial charge in [0.1, 0.15) is 0 Å². The molecule has 196 valence electrons. The van der Waals surface area contributed by atoms with Crippen molar-refractivity contribution in [1.82, 2.24) is 5.32 Å². The van der Waals surface area contributed by atoms with Crippen LogP contribution in [-0.4, -0.2) is 25.7 Å². The molecule has 38 heavy (non-hydrogen) atoms. The molecule has 0 aliphatic carbocycles. The van der Waals surface area contributed by atoms with E-state index in [2.05, 4.69) is 36.5 Å². The van der Waals surface area contributed by atoms with Crippen LogP contribution in [0.1, 0.15) is 47.7 Å². The summed E-state index contributed by atoms with van der Waals surface area (Å²) in [6, 6.07) is 23.1. The van der Waals surface area contributed by atoms with Crippen molar-refractivity contribution in [3.63, 3.8) is 0 Å². The Morgan fingerprint density at radius 2 is 1.61 bits per heavy atom. The van der Waals surface area contributed by atoms with Crippen molar-refractivity contribution in [1.29, 1.82) is 0 Å². The summed E-state index contributed by atoms with van der Waals surface area (Å²) in [5.41, 5.74) is 4.42. The van der Waals surface area contributed by atoms with Gasteiger partial charge in [-0.15, -0.1) is 0 Å². The third-order valence-corrected chi connectivity index (χ3v) is 7.44. The number of benzene rings is 4. The number of alkyl halides is 3. The van der Waals surface area contributed by atoms with Crippen LogP contribution in [0.15, 0.2) is 78.9 Å². The minimum absolute atomic E-state index is 0.265. The van der Waals surface area contributed by atoms with Gasteiger partial charge in [-0.2, -0.15) is 13.2 Å². The topological polar surface area (TPSA) is 38.3 Å². The Morgan fingerprint density at radius 1 is 0.921 bits per heavy atom. The number of fused-ring (bicyclic) bond motifs is 1. The van der Waals surface area contributed by atoms with Gasteiger partial charge in [0.15, 0.2) is 0 Å². The molecule has 0 bridgehead atoms. The second-order valence-corrected chi connectivity index (χ2v) is 9.95. The fraction of sp³-hybridized carbons (Fsp3) is 0.281. The van der Waals surface area contributed by atoms with E-state index in [0.29, 0.717) is 23.0 Å². The standard InChI is InChI=1S/C32H30F3NO2/c1-3-38-31(37)26-17-25-16-24(21-8-11-27(12-9-21)32(33,34)35)10-13-29(25)30(18-26)23-6-4-22(5-7-23)28-14-15-36-19-20(28)2/h4-13,16-18,20,28,36H,3,14-15,19H2,1-2H3. The summed E-state index contributed by atoms with van der Waals surface area (Å²) in [6.45, 7) is 6.34. The molecule has 1 N–H and O–H groups in total. The molecule has 2 unspecified atom stereocenters. The van der Waals surface area contributed by atoms with Crippen LogP contribution in [0.4, 0.5) is 13.2 Å². The van der Waals surface area contributed by atoms with Crippen LogP contribution < -0.4 is 5.32 Å². The smallest absolute Gasteiger partial charge is 0.416 e. The average Bonchev–Trinajstić information content (AvgIpc) is 2.92. The van der Waals surface area contributed by atoms with E-state index < -0.39 is 17.7 Å². The van der Waals surface area contributed by atoms with Crippen molar-refractivity contribution in [2.45, 2.75) is 32.4 Å². The molecule has 4 aromatic carbocycles. The quantitative estimate of drug-likeness (QED) is 0.272. The highest BCUT2D eigenvalue weighted by atomic mass is 19.4. The van der Waals surface area contributed by atoms with Gasteiger partial charge in [-0.05, 0) is 107 Å². The van der Waals surface area contributed by atoms with Crippen LogP contribution in [0, 0.1) is 5.92 Å². The highest BCUT2D eigenvalue weighted by Crippen LogP contribution is 2.37. The number of hydrogen-bond acceptors (Lipinski definition) is 3. The molecule has 0 radical (unpaired) electrons. The molecular formula is C32H30F3NO2. The van der Waals surface area contributed by atoms with E-state index >= 15 is 0 Å². The van der Waals surface area contributed by atoms with Crippen LogP contribution in [0.25, 0.3) is 33.0 Å². The summed E-state index contributed by atoms with van der Waals surface area (Å²) in [7, 11) is 0. The minimum atomic E-state index is -4.38. The number of carbonyl (C=O) groups excluding carboxylic acids is 1. The van der Waals surface area contributed by atoms with Crippen LogP contribution >= 0.6 is 0 Å². The lowest BCUT2D eigenvalue weighted by Crippen LogP contribution is -2.33. The molecule has 0 aromatic heterocycles. The Labute approximate surface area is 220 Å². The second kappa shape index (κ2) is 10.6. The molecule has 3 nitrogen and oxygen atoms in total. The molecule has 1 aliphatic rings. The normalized spacial score (nSPS) is 17.9. The fourth-order valence-corrected chi connectivity index (χ4v) is 5.39. The maximum Gasteiger partial charge on any atom is 0.416 e. The molecule has 0 amide bonds. The highest BCUT2D eigenvalue weighted by Gasteiger charge is 2.30. The van der Waals surface area contributed by atoms with Gasteiger partial charge in [-0.3, -0.25) is 0 Å². The molecule has 0 spiro atoms. The summed E-state index contributed by atoms with van der Waals surface area (Å²) >= 11 is 0. The molecule has 1 saturated heterocycles. The maximum atomic E-state index is 13.0. The van der Waals surface area contributed by atoms with E-state index in [1.54, 1.807) is 13.0 Å². The van der Waals surface area contributed by atoms with Gasteiger partial charge in [0.2, 0.25) is 0 Å².